The molecule has 1 aromatic heterocycles. The molecule has 4 nitrogen and oxygen atoms in total. The zero-order valence-electron chi connectivity index (χ0n) is 9.04. The average Bonchev–Trinajstić information content (AvgIpc) is 2.70. The van der Waals surface area contributed by atoms with Crippen molar-refractivity contribution in [2.24, 2.45) is 0 Å². The van der Waals surface area contributed by atoms with Crippen molar-refractivity contribution >= 4 is 33.3 Å². The summed E-state index contributed by atoms with van der Waals surface area (Å²) in [6.45, 7) is 0.443. The van der Waals surface area contributed by atoms with Crippen LogP contribution >= 0.6 is 27.5 Å². The van der Waals surface area contributed by atoms with Crippen molar-refractivity contribution in [3.05, 3.63) is 33.3 Å². The van der Waals surface area contributed by atoms with E-state index < -0.39 is 0 Å². The number of ether oxygens (including phenoxy) is 1. The molecule has 0 spiro atoms. The van der Waals surface area contributed by atoms with Gasteiger partial charge < -0.3 is 15.0 Å². The minimum Gasteiger partial charge on any atom is -0.381 e. The SMILES string of the molecule is COCc1c(Cl)cc(-c2cc(N)no2)cc1Br. The molecule has 1 heterocycles. The number of hydrogen-bond acceptors (Lipinski definition) is 4. The molecule has 17 heavy (non-hydrogen) atoms. The van der Waals surface area contributed by atoms with Gasteiger partial charge in [0, 0.05) is 33.8 Å². The minimum absolute atomic E-state index is 0.341. The van der Waals surface area contributed by atoms with E-state index >= 15 is 0 Å². The molecule has 0 aliphatic heterocycles. The molecule has 0 aliphatic carbocycles. The first-order valence-corrected chi connectivity index (χ1v) is 5.98. The molecule has 0 saturated heterocycles. The van der Waals surface area contributed by atoms with Gasteiger partial charge in [-0.15, -0.1) is 0 Å². The Labute approximate surface area is 112 Å². The zero-order valence-corrected chi connectivity index (χ0v) is 11.4. The van der Waals surface area contributed by atoms with Gasteiger partial charge in [0.15, 0.2) is 11.6 Å². The topological polar surface area (TPSA) is 61.3 Å². The fraction of sp³-hybridized carbons (Fsp3) is 0.182. The third-order valence-corrected chi connectivity index (χ3v) is 3.29. The lowest BCUT2D eigenvalue weighted by Crippen LogP contribution is -1.91. The molecule has 0 aliphatic rings. The normalized spacial score (nSPS) is 10.8. The second-order valence-corrected chi connectivity index (χ2v) is 4.73. The van der Waals surface area contributed by atoms with Crippen LogP contribution in [0.5, 0.6) is 0 Å². The first-order chi connectivity index (χ1) is 8.11. The Balaban J connectivity index is 2.45. The summed E-state index contributed by atoms with van der Waals surface area (Å²) in [5, 5.41) is 4.23. The number of nitrogen functional groups attached to an aromatic ring is 1. The third-order valence-electron chi connectivity index (χ3n) is 2.24. The van der Waals surface area contributed by atoms with E-state index in [1.807, 2.05) is 6.07 Å². The van der Waals surface area contributed by atoms with Crippen LogP contribution in [0.25, 0.3) is 11.3 Å². The molecule has 0 fully saturated rings. The Bertz CT molecular complexity index is 519. The molecule has 2 aromatic rings. The lowest BCUT2D eigenvalue weighted by atomic mass is 10.1. The first kappa shape index (κ1) is 12.4. The molecular formula is C11H10BrClN2O2. The Kier molecular flexibility index (Phi) is 3.71. The van der Waals surface area contributed by atoms with Crippen LogP contribution in [-0.2, 0) is 11.3 Å². The standard InChI is InChI=1S/C11H10BrClN2O2/c1-16-5-7-8(12)2-6(3-9(7)13)10-4-11(14)15-17-10/h2-4H,5H2,1H3,(H2,14,15). The Morgan fingerprint density at radius 3 is 2.76 bits per heavy atom. The van der Waals surface area contributed by atoms with Crippen molar-refractivity contribution in [1.82, 2.24) is 5.16 Å². The van der Waals surface area contributed by atoms with E-state index in [0.29, 0.717) is 23.2 Å². The van der Waals surface area contributed by atoms with Gasteiger partial charge in [-0.1, -0.05) is 32.7 Å². The van der Waals surface area contributed by atoms with E-state index in [4.69, 9.17) is 26.6 Å². The number of rotatable bonds is 3. The quantitative estimate of drug-likeness (QED) is 0.941. The van der Waals surface area contributed by atoms with Crippen molar-refractivity contribution in [1.29, 1.82) is 0 Å². The molecule has 6 heteroatoms. The van der Waals surface area contributed by atoms with E-state index in [2.05, 4.69) is 21.1 Å². The smallest absolute Gasteiger partial charge is 0.169 e. The Morgan fingerprint density at radius 1 is 1.47 bits per heavy atom. The zero-order chi connectivity index (χ0) is 12.4. The number of aromatic nitrogens is 1. The summed E-state index contributed by atoms with van der Waals surface area (Å²) in [7, 11) is 1.62. The number of methoxy groups -OCH3 is 1. The van der Waals surface area contributed by atoms with Crippen molar-refractivity contribution < 1.29 is 9.26 Å². The molecule has 90 valence electrons. The second kappa shape index (κ2) is 5.08. The first-order valence-electron chi connectivity index (χ1n) is 4.81. The lowest BCUT2D eigenvalue weighted by Gasteiger charge is -2.07. The van der Waals surface area contributed by atoms with Crippen LogP contribution in [0.1, 0.15) is 5.56 Å². The maximum atomic E-state index is 6.17. The molecular weight excluding hydrogens is 307 g/mol. The van der Waals surface area contributed by atoms with E-state index in [-0.39, 0.29) is 0 Å². The number of nitrogens with zero attached hydrogens (tertiary/aromatic N) is 1. The third kappa shape index (κ3) is 2.62. The van der Waals surface area contributed by atoms with E-state index in [1.165, 1.54) is 0 Å². The molecule has 0 radical (unpaired) electrons. The van der Waals surface area contributed by atoms with Gasteiger partial charge in [-0.25, -0.2) is 0 Å². The van der Waals surface area contributed by atoms with Crippen LogP contribution in [0, 0.1) is 0 Å². The highest BCUT2D eigenvalue weighted by Crippen LogP contribution is 2.32. The summed E-state index contributed by atoms with van der Waals surface area (Å²) >= 11 is 9.61. The maximum Gasteiger partial charge on any atom is 0.169 e. The van der Waals surface area contributed by atoms with Crippen molar-refractivity contribution in [2.75, 3.05) is 12.8 Å². The van der Waals surface area contributed by atoms with Crippen LogP contribution in [0.2, 0.25) is 5.02 Å². The minimum atomic E-state index is 0.341. The Morgan fingerprint density at radius 2 is 2.24 bits per heavy atom. The van der Waals surface area contributed by atoms with Crippen LogP contribution in [0.3, 0.4) is 0 Å². The van der Waals surface area contributed by atoms with Gasteiger partial charge in [-0.05, 0) is 12.1 Å². The fourth-order valence-electron chi connectivity index (χ4n) is 1.45. The predicted octanol–water partition coefficient (Wildman–Crippen LogP) is 3.49. The summed E-state index contributed by atoms with van der Waals surface area (Å²) < 4.78 is 11.0. The number of hydrogen-bond donors (Lipinski definition) is 1. The number of anilines is 1. The fourth-order valence-corrected chi connectivity index (χ4v) is 2.42. The summed E-state index contributed by atoms with van der Waals surface area (Å²) in [6.07, 6.45) is 0. The summed E-state index contributed by atoms with van der Waals surface area (Å²) in [4.78, 5) is 0. The molecule has 1 aromatic carbocycles. The number of halogens is 2. The van der Waals surface area contributed by atoms with Gasteiger partial charge in [-0.3, -0.25) is 0 Å². The van der Waals surface area contributed by atoms with E-state index in [0.717, 1.165) is 15.6 Å². The molecule has 0 amide bonds. The average molecular weight is 318 g/mol. The lowest BCUT2D eigenvalue weighted by molar-refractivity contribution is 0.184. The van der Waals surface area contributed by atoms with Crippen LogP contribution < -0.4 is 5.73 Å². The molecule has 2 N–H and O–H groups in total. The van der Waals surface area contributed by atoms with Gasteiger partial charge in [0.1, 0.15) is 0 Å². The molecule has 0 atom stereocenters. The molecule has 0 unspecified atom stereocenters. The summed E-state index contributed by atoms with van der Waals surface area (Å²) in [5.74, 6) is 0.919. The van der Waals surface area contributed by atoms with Gasteiger partial charge in [0.05, 0.1) is 6.61 Å². The van der Waals surface area contributed by atoms with Crippen molar-refractivity contribution in [3.63, 3.8) is 0 Å². The molecule has 0 saturated carbocycles. The van der Waals surface area contributed by atoms with Crippen LogP contribution in [0.15, 0.2) is 27.2 Å². The van der Waals surface area contributed by atoms with E-state index in [1.54, 1.807) is 19.2 Å². The highest BCUT2D eigenvalue weighted by molar-refractivity contribution is 9.10. The van der Waals surface area contributed by atoms with Gasteiger partial charge in [-0.2, -0.15) is 0 Å². The molecule has 2 rings (SSSR count). The second-order valence-electron chi connectivity index (χ2n) is 3.47. The van der Waals surface area contributed by atoms with Gasteiger partial charge in [0.25, 0.3) is 0 Å². The Hall–Kier alpha value is -1.04. The monoisotopic (exact) mass is 316 g/mol. The largest absolute Gasteiger partial charge is 0.381 e. The van der Waals surface area contributed by atoms with Gasteiger partial charge >= 0.3 is 0 Å². The van der Waals surface area contributed by atoms with Crippen LogP contribution in [0.4, 0.5) is 5.82 Å². The van der Waals surface area contributed by atoms with Crippen molar-refractivity contribution in [2.45, 2.75) is 6.61 Å². The summed E-state index contributed by atoms with van der Waals surface area (Å²) in [5.41, 5.74) is 7.21. The molecule has 0 bridgehead atoms. The van der Waals surface area contributed by atoms with Crippen LogP contribution in [-0.4, -0.2) is 12.3 Å². The highest BCUT2D eigenvalue weighted by atomic mass is 79.9. The summed E-state index contributed by atoms with van der Waals surface area (Å²) in [6, 6.07) is 5.33. The number of nitrogens with two attached hydrogens (primary N) is 1. The van der Waals surface area contributed by atoms with E-state index in [9.17, 15) is 0 Å². The van der Waals surface area contributed by atoms with Gasteiger partial charge in [0.2, 0.25) is 0 Å². The predicted molar refractivity (Wildman–Crippen MR) is 69.8 cm³/mol. The highest BCUT2D eigenvalue weighted by Gasteiger charge is 2.11. The number of benzene rings is 1. The maximum absolute atomic E-state index is 6.17. The van der Waals surface area contributed by atoms with Crippen molar-refractivity contribution in [3.8, 4) is 11.3 Å².